The Morgan fingerprint density at radius 1 is 0.314 bits per heavy atom. The molecule has 102 heavy (non-hydrogen) atoms. The molecule has 0 bridgehead atoms. The lowest BCUT2D eigenvalue weighted by Gasteiger charge is -2.28. The van der Waals surface area contributed by atoms with Crippen molar-refractivity contribution in [2.45, 2.75) is 418 Å². The van der Waals surface area contributed by atoms with E-state index in [4.69, 9.17) is 18.5 Å². The van der Waals surface area contributed by atoms with Gasteiger partial charge in [-0.1, -0.05) is 406 Å². The van der Waals surface area contributed by atoms with E-state index in [1.165, 1.54) is 289 Å². The molecule has 9 nitrogen and oxygen atoms in total. The molecule has 0 amide bonds. The van der Waals surface area contributed by atoms with Crippen molar-refractivity contribution >= 4 is 19.8 Å². The lowest BCUT2D eigenvalue weighted by atomic mass is 10.0. The van der Waals surface area contributed by atoms with E-state index < -0.39 is 26.5 Å². The summed E-state index contributed by atoms with van der Waals surface area (Å²) in [6, 6.07) is 0. The third-order valence-electron chi connectivity index (χ3n) is 19.3. The van der Waals surface area contributed by atoms with Gasteiger partial charge < -0.3 is 27.9 Å². The number of likely N-dealkylation sites (N-methyl/N-ethyl adjacent to an activating group) is 1. The van der Waals surface area contributed by atoms with Crippen LogP contribution < -0.4 is 4.89 Å². The summed E-state index contributed by atoms with van der Waals surface area (Å²) in [5.74, 6) is -0.818. The van der Waals surface area contributed by atoms with Crippen LogP contribution in [0.5, 0.6) is 0 Å². The zero-order valence-electron chi connectivity index (χ0n) is 67.8. The Bertz CT molecular complexity index is 2100. The molecule has 0 heterocycles. The maximum Gasteiger partial charge on any atom is 0.306 e. The lowest BCUT2D eigenvalue weighted by molar-refractivity contribution is -0.870. The van der Waals surface area contributed by atoms with Crippen LogP contribution in [-0.2, 0) is 32.7 Å². The number of carbonyl (C=O) groups is 2. The Hall–Kier alpha value is -3.33. The van der Waals surface area contributed by atoms with E-state index in [0.717, 1.165) is 89.9 Å². The first kappa shape index (κ1) is 98.7. The molecule has 0 aliphatic rings. The smallest absolute Gasteiger partial charge is 0.306 e. The molecule has 0 rings (SSSR count). The highest BCUT2D eigenvalue weighted by Crippen LogP contribution is 2.38. The molecular weight excluding hydrogens is 1280 g/mol. The van der Waals surface area contributed by atoms with Crippen LogP contribution in [0.2, 0.25) is 0 Å². The van der Waals surface area contributed by atoms with Gasteiger partial charge in [-0.25, -0.2) is 0 Å². The molecule has 0 aliphatic heterocycles. The van der Waals surface area contributed by atoms with E-state index in [0.29, 0.717) is 17.4 Å². The molecular formula is C92H166NO8P. The van der Waals surface area contributed by atoms with Crippen molar-refractivity contribution in [1.29, 1.82) is 0 Å². The summed E-state index contributed by atoms with van der Waals surface area (Å²) in [5, 5.41) is 0. The quantitative estimate of drug-likeness (QED) is 0.0195. The molecule has 0 saturated carbocycles. The number of rotatable bonds is 81. The Labute approximate surface area is 633 Å². The van der Waals surface area contributed by atoms with Crippen molar-refractivity contribution in [3.63, 3.8) is 0 Å². The molecule has 0 fully saturated rings. The number of ether oxygens (including phenoxy) is 2. The SMILES string of the molecule is CC/C=C\C/C=C\C/C=C\C/C=C\C/C=C\C/C=C\C/C=C\C/C=C\CCCCCCCCCCCCCCCCC(=O)OC(COC(=O)CCCCCCCCCCCCCCCCCCCCCCCCCCCCC/C=C\CCCCCCCCCC)COP(=O)([O-])OCC[N+](C)(C)C. The number of hydrogen-bond donors (Lipinski definition) is 0. The number of carbonyl (C=O) groups excluding carboxylic acids is 2. The second-order valence-electron chi connectivity index (χ2n) is 30.5. The van der Waals surface area contributed by atoms with Crippen LogP contribution >= 0.6 is 7.82 Å². The van der Waals surface area contributed by atoms with Gasteiger partial charge in [0, 0.05) is 12.8 Å². The third-order valence-corrected chi connectivity index (χ3v) is 20.2. The molecule has 0 saturated heterocycles. The van der Waals surface area contributed by atoms with Gasteiger partial charge in [0.15, 0.2) is 6.10 Å². The number of unbranched alkanes of at least 4 members (excludes halogenated alkanes) is 49. The van der Waals surface area contributed by atoms with Crippen molar-refractivity contribution in [2.24, 2.45) is 0 Å². The van der Waals surface area contributed by atoms with Crippen molar-refractivity contribution in [2.75, 3.05) is 47.5 Å². The molecule has 0 aromatic rings. The average molecular weight is 1450 g/mol. The van der Waals surface area contributed by atoms with Gasteiger partial charge in [0.25, 0.3) is 7.82 Å². The fraction of sp³-hybridized carbons (Fsp3) is 0.783. The molecule has 0 aromatic heterocycles. The maximum atomic E-state index is 12.9. The van der Waals surface area contributed by atoms with E-state index >= 15 is 0 Å². The monoisotopic (exact) mass is 1440 g/mol. The van der Waals surface area contributed by atoms with Gasteiger partial charge >= 0.3 is 11.9 Å². The zero-order chi connectivity index (χ0) is 74.0. The Morgan fingerprint density at radius 2 is 0.559 bits per heavy atom. The Morgan fingerprint density at radius 3 is 0.843 bits per heavy atom. The third kappa shape index (κ3) is 85.6. The van der Waals surface area contributed by atoms with Gasteiger partial charge in [-0.05, 0) is 103 Å². The van der Waals surface area contributed by atoms with Gasteiger partial charge in [-0.3, -0.25) is 14.2 Å². The number of esters is 2. The van der Waals surface area contributed by atoms with E-state index in [-0.39, 0.29) is 32.0 Å². The summed E-state index contributed by atoms with van der Waals surface area (Å²) in [5.41, 5.74) is 0. The van der Waals surface area contributed by atoms with Crippen LogP contribution in [-0.4, -0.2) is 70.0 Å². The average Bonchev–Trinajstić information content (AvgIpc) is 0.914. The zero-order valence-corrected chi connectivity index (χ0v) is 68.7. The van der Waals surface area contributed by atoms with Gasteiger partial charge in [0.05, 0.1) is 27.7 Å². The summed E-state index contributed by atoms with van der Waals surface area (Å²) in [7, 11) is 1.18. The first-order valence-corrected chi connectivity index (χ1v) is 45.1. The van der Waals surface area contributed by atoms with Crippen LogP contribution in [0.3, 0.4) is 0 Å². The summed E-state index contributed by atoms with van der Waals surface area (Å²) in [6.07, 6.45) is 117. The highest BCUT2D eigenvalue weighted by atomic mass is 31.2. The van der Waals surface area contributed by atoms with Crippen molar-refractivity contribution in [1.82, 2.24) is 0 Å². The molecule has 0 radical (unpaired) electrons. The van der Waals surface area contributed by atoms with Crippen LogP contribution in [0.1, 0.15) is 412 Å². The van der Waals surface area contributed by atoms with Crippen molar-refractivity contribution < 1.29 is 42.1 Å². The van der Waals surface area contributed by atoms with Crippen LogP contribution in [0.4, 0.5) is 0 Å². The Kier molecular flexibility index (Phi) is 79.1. The summed E-state index contributed by atoms with van der Waals surface area (Å²) >= 11 is 0. The van der Waals surface area contributed by atoms with Gasteiger partial charge in [0.2, 0.25) is 0 Å². The van der Waals surface area contributed by atoms with E-state index in [1.807, 2.05) is 21.1 Å². The van der Waals surface area contributed by atoms with Gasteiger partial charge in [0.1, 0.15) is 19.8 Å². The Balaban J connectivity index is 3.91. The van der Waals surface area contributed by atoms with E-state index in [1.54, 1.807) is 0 Å². The number of phosphoric acid groups is 1. The molecule has 2 unspecified atom stereocenters. The number of quaternary nitrogens is 1. The summed E-state index contributed by atoms with van der Waals surface area (Å²) < 4.78 is 34.5. The first-order chi connectivity index (χ1) is 50.0. The topological polar surface area (TPSA) is 111 Å². The molecule has 10 heteroatoms. The second kappa shape index (κ2) is 81.7. The molecule has 592 valence electrons. The highest BCUT2D eigenvalue weighted by Gasteiger charge is 2.22. The molecule has 0 N–H and O–H groups in total. The molecule has 0 aliphatic carbocycles. The largest absolute Gasteiger partial charge is 0.756 e. The predicted octanol–water partition coefficient (Wildman–Crippen LogP) is 28.9. The number of hydrogen-bond acceptors (Lipinski definition) is 8. The van der Waals surface area contributed by atoms with Crippen molar-refractivity contribution in [3.05, 3.63) is 109 Å². The van der Waals surface area contributed by atoms with E-state index in [2.05, 4.69) is 123 Å². The number of allylic oxidation sites excluding steroid dienone is 18. The molecule has 0 spiro atoms. The standard InChI is InChI=1S/C92H166NO8P/c1-6-8-10-12-14-16-18-20-22-24-26-28-30-32-34-36-38-40-42-44-46-48-50-52-54-56-58-60-62-64-66-68-70-72-74-76-78-80-82-84-91(94)98-88-90(89-100-102(96,97)99-87-86-93(3,4)5)101-92(95)85-83-81-79-77-75-73-71-69-67-65-63-61-59-57-55-53-51-49-47-45-43-41-39-37-35-33-31-29-27-25-23-21-19-17-15-13-11-9-7-2/h9,11,15,17,21,23-24,26-27,29,33,35,39,41,45,47,51,53,90H,6-8,10,12-14,16,18-20,22,25,28,30-32,34,36-38,40,42-44,46,48-50,52,54-89H2,1-5H3/b11-9-,17-15-,23-21-,26-24-,29-27-,35-33-,41-39-,47-45-,53-51-. The molecule has 2 atom stereocenters. The summed E-state index contributed by atoms with van der Waals surface area (Å²) in [4.78, 5) is 38.3. The number of phosphoric ester groups is 1. The van der Waals surface area contributed by atoms with Gasteiger partial charge in [-0.15, -0.1) is 0 Å². The normalized spacial score (nSPS) is 13.5. The van der Waals surface area contributed by atoms with Crippen LogP contribution in [0.15, 0.2) is 109 Å². The minimum absolute atomic E-state index is 0.0321. The van der Waals surface area contributed by atoms with Crippen LogP contribution in [0.25, 0.3) is 0 Å². The van der Waals surface area contributed by atoms with E-state index in [9.17, 15) is 19.0 Å². The second-order valence-corrected chi connectivity index (χ2v) is 31.9. The highest BCUT2D eigenvalue weighted by molar-refractivity contribution is 7.45. The minimum atomic E-state index is -4.65. The lowest BCUT2D eigenvalue weighted by Crippen LogP contribution is -2.37. The summed E-state index contributed by atoms with van der Waals surface area (Å²) in [6.45, 7) is 4.18. The minimum Gasteiger partial charge on any atom is -0.756 e. The number of nitrogens with zero attached hydrogens (tertiary/aromatic N) is 1. The fourth-order valence-corrected chi connectivity index (χ4v) is 13.4. The maximum absolute atomic E-state index is 12.9. The van der Waals surface area contributed by atoms with Crippen LogP contribution in [0, 0.1) is 0 Å². The fourth-order valence-electron chi connectivity index (χ4n) is 12.7. The first-order valence-electron chi connectivity index (χ1n) is 43.6. The van der Waals surface area contributed by atoms with Gasteiger partial charge in [-0.2, -0.15) is 0 Å². The predicted molar refractivity (Wildman–Crippen MR) is 443 cm³/mol. The van der Waals surface area contributed by atoms with Crippen molar-refractivity contribution in [3.8, 4) is 0 Å². The molecule has 0 aromatic carbocycles.